The molecule has 0 radical (unpaired) electrons. The van der Waals surface area contributed by atoms with Gasteiger partial charge >= 0.3 is 11.9 Å². The molecule has 3 aliphatic rings. The molecule has 2 aromatic rings. The molecule has 5 atom stereocenters. The predicted octanol–water partition coefficient (Wildman–Crippen LogP) is 5.06. The molecule has 3 aliphatic heterocycles. The third-order valence-corrected chi connectivity index (χ3v) is 9.83. The highest BCUT2D eigenvalue weighted by Gasteiger charge is 2.57. The van der Waals surface area contributed by atoms with Crippen LogP contribution in [0.2, 0.25) is 0 Å². The summed E-state index contributed by atoms with van der Waals surface area (Å²) in [6.07, 6.45) is 6.33. The zero-order chi connectivity index (χ0) is 28.3. The van der Waals surface area contributed by atoms with Crippen LogP contribution in [0.5, 0.6) is 0 Å². The van der Waals surface area contributed by atoms with Crippen molar-refractivity contribution in [2.45, 2.75) is 102 Å². The lowest BCUT2D eigenvalue weighted by atomic mass is 9.85. The molecule has 2 aromatic carbocycles. The Balaban J connectivity index is 1.44. The van der Waals surface area contributed by atoms with Gasteiger partial charge in [-0.15, -0.1) is 0 Å². The van der Waals surface area contributed by atoms with Crippen LogP contribution in [0.15, 0.2) is 60.7 Å². The number of quaternary nitrogens is 1. The van der Waals surface area contributed by atoms with Gasteiger partial charge in [0.2, 0.25) is 11.9 Å². The van der Waals surface area contributed by atoms with E-state index in [1.54, 1.807) is 6.92 Å². The summed E-state index contributed by atoms with van der Waals surface area (Å²) in [5.74, 6) is -1.06. The molecule has 3 saturated heterocycles. The predicted molar refractivity (Wildman–Crippen MR) is 153 cm³/mol. The molecular formula is C33H45N2O5+. The van der Waals surface area contributed by atoms with Crippen molar-refractivity contribution in [3.8, 4) is 0 Å². The third kappa shape index (κ3) is 5.31. The lowest BCUT2D eigenvalue weighted by Crippen LogP contribution is -2.60. The van der Waals surface area contributed by atoms with Gasteiger partial charge in [-0.2, -0.15) is 0 Å². The van der Waals surface area contributed by atoms with Crippen molar-refractivity contribution >= 4 is 11.9 Å². The molecule has 5 rings (SSSR count). The zero-order valence-corrected chi connectivity index (χ0v) is 24.2. The van der Waals surface area contributed by atoms with Gasteiger partial charge in [0.1, 0.15) is 12.1 Å². The average Bonchev–Trinajstić information content (AvgIpc) is 3.52. The number of nitrogens with zero attached hydrogens (tertiary/aromatic N) is 1. The molecule has 216 valence electrons. The van der Waals surface area contributed by atoms with E-state index in [0.717, 1.165) is 19.3 Å². The molecule has 0 amide bonds. The first-order valence-electron chi connectivity index (χ1n) is 15.1. The van der Waals surface area contributed by atoms with Crippen LogP contribution in [0.4, 0.5) is 0 Å². The number of nitrogens with two attached hydrogens (primary N) is 1. The lowest BCUT2D eigenvalue weighted by molar-refractivity contribution is -0.956. The number of benzene rings is 2. The van der Waals surface area contributed by atoms with Crippen molar-refractivity contribution in [2.75, 3.05) is 13.1 Å². The fraction of sp³-hybridized carbons (Fsp3) is 0.576. The molecule has 2 bridgehead atoms. The number of piperidine rings is 1. The van der Waals surface area contributed by atoms with Crippen LogP contribution in [-0.4, -0.2) is 60.0 Å². The minimum atomic E-state index is -1.61. The molecule has 0 aromatic heterocycles. The van der Waals surface area contributed by atoms with Crippen LogP contribution in [-0.2, 0) is 29.4 Å². The first-order chi connectivity index (χ1) is 19.3. The summed E-state index contributed by atoms with van der Waals surface area (Å²) >= 11 is 0. The van der Waals surface area contributed by atoms with Gasteiger partial charge < -0.3 is 24.4 Å². The number of carbonyl (C=O) groups is 2. The topological polar surface area (TPSA) is 87.9 Å². The maximum atomic E-state index is 14.5. The van der Waals surface area contributed by atoms with Gasteiger partial charge in [0.15, 0.2) is 0 Å². The highest BCUT2D eigenvalue weighted by Crippen LogP contribution is 2.47. The first kappa shape index (κ1) is 28.8. The Bertz CT molecular complexity index is 1090. The van der Waals surface area contributed by atoms with Crippen LogP contribution in [0.25, 0.3) is 0 Å². The number of ether oxygens (including phenoxy) is 3. The Labute approximate surface area is 238 Å². The number of hydrogen-bond acceptors (Lipinski definition) is 6. The molecule has 0 saturated carbocycles. The van der Waals surface area contributed by atoms with Gasteiger partial charge in [0.05, 0.1) is 25.2 Å². The SMILES string of the molecule is CC[C@H](C)[C@H](N)C(=O)O[C@H](C)OC(C(=O)OC1CC2CCC(C1)[N+]21CCCC1)(c1ccccc1)c1ccccc1. The molecule has 40 heavy (non-hydrogen) atoms. The number of carbonyl (C=O) groups excluding carboxylic acids is 2. The molecule has 2 N–H and O–H groups in total. The van der Waals surface area contributed by atoms with Crippen molar-refractivity contribution < 1.29 is 28.3 Å². The average molecular weight is 550 g/mol. The second-order valence-electron chi connectivity index (χ2n) is 12.1. The summed E-state index contributed by atoms with van der Waals surface area (Å²) in [7, 11) is 0. The summed E-state index contributed by atoms with van der Waals surface area (Å²) in [6, 6.07) is 19.1. The van der Waals surface area contributed by atoms with E-state index in [1.807, 2.05) is 74.5 Å². The van der Waals surface area contributed by atoms with Crippen molar-refractivity contribution in [3.05, 3.63) is 71.8 Å². The Morgan fingerprint density at radius 1 is 0.925 bits per heavy atom. The van der Waals surface area contributed by atoms with Gasteiger partial charge in [0, 0.05) is 38.5 Å². The van der Waals surface area contributed by atoms with E-state index in [2.05, 4.69) is 0 Å². The monoisotopic (exact) mass is 549 g/mol. The van der Waals surface area contributed by atoms with Gasteiger partial charge in [0.25, 0.3) is 0 Å². The smallest absolute Gasteiger partial charge is 0.348 e. The molecule has 0 aliphatic carbocycles. The van der Waals surface area contributed by atoms with E-state index in [-0.39, 0.29) is 12.0 Å². The second-order valence-corrected chi connectivity index (χ2v) is 12.1. The minimum absolute atomic E-state index is 0.0408. The maximum Gasteiger partial charge on any atom is 0.348 e. The molecule has 1 spiro atoms. The second kappa shape index (κ2) is 12.0. The maximum absolute atomic E-state index is 14.5. The molecule has 7 heteroatoms. The molecule has 2 unspecified atom stereocenters. The highest BCUT2D eigenvalue weighted by atomic mass is 16.7. The number of esters is 2. The summed E-state index contributed by atoms with van der Waals surface area (Å²) in [6.45, 7) is 8.06. The van der Waals surface area contributed by atoms with E-state index < -0.39 is 29.9 Å². The van der Waals surface area contributed by atoms with E-state index in [9.17, 15) is 9.59 Å². The minimum Gasteiger partial charge on any atom is -0.459 e. The summed E-state index contributed by atoms with van der Waals surface area (Å²) in [5, 5.41) is 0. The fourth-order valence-corrected chi connectivity index (χ4v) is 7.47. The molecule has 3 fully saturated rings. The van der Waals surface area contributed by atoms with E-state index in [0.29, 0.717) is 23.2 Å². The quantitative estimate of drug-likeness (QED) is 0.253. The van der Waals surface area contributed by atoms with E-state index >= 15 is 0 Å². The summed E-state index contributed by atoms with van der Waals surface area (Å²) < 4.78 is 19.9. The largest absolute Gasteiger partial charge is 0.459 e. The van der Waals surface area contributed by atoms with Gasteiger partial charge in [-0.3, -0.25) is 4.79 Å². The van der Waals surface area contributed by atoms with Crippen molar-refractivity contribution in [1.82, 2.24) is 0 Å². The number of rotatable bonds is 10. The van der Waals surface area contributed by atoms with Gasteiger partial charge in [-0.1, -0.05) is 80.9 Å². The van der Waals surface area contributed by atoms with Crippen LogP contribution in [0.1, 0.15) is 76.8 Å². The van der Waals surface area contributed by atoms with E-state index in [1.165, 1.54) is 43.3 Å². The van der Waals surface area contributed by atoms with E-state index in [4.69, 9.17) is 19.9 Å². The van der Waals surface area contributed by atoms with Crippen molar-refractivity contribution in [1.29, 1.82) is 0 Å². The van der Waals surface area contributed by atoms with Crippen LogP contribution in [0, 0.1) is 5.92 Å². The normalized spacial score (nSPS) is 25.8. The molecule has 7 nitrogen and oxygen atoms in total. The van der Waals surface area contributed by atoms with Crippen LogP contribution >= 0.6 is 0 Å². The van der Waals surface area contributed by atoms with Crippen molar-refractivity contribution in [2.24, 2.45) is 11.7 Å². The standard InChI is InChI=1S/C33H45N2O5/c1-4-23(2)30(34)31(36)38-24(3)40-33(25-13-7-5-8-14-25,26-15-9-6-10-16-26)32(37)39-29-21-27-17-18-28(22-29)35(27)19-11-12-20-35/h5-10,13-16,23-24,27-30H,4,11-12,17-22,34H2,1-3H3/q+1/t23-,24-,27?,28?,29?,30-/m0/s1. The molecule has 3 heterocycles. The fourth-order valence-electron chi connectivity index (χ4n) is 7.47. The molecular weight excluding hydrogens is 504 g/mol. The lowest BCUT2D eigenvalue weighted by Gasteiger charge is -2.47. The summed E-state index contributed by atoms with van der Waals surface area (Å²) in [5.41, 5.74) is 5.79. The third-order valence-electron chi connectivity index (χ3n) is 9.83. The Hall–Kier alpha value is -2.74. The Kier molecular flexibility index (Phi) is 8.64. The zero-order valence-electron chi connectivity index (χ0n) is 24.2. The van der Waals surface area contributed by atoms with Crippen LogP contribution in [0.3, 0.4) is 0 Å². The highest BCUT2D eigenvalue weighted by molar-refractivity contribution is 5.86. The van der Waals surface area contributed by atoms with Crippen LogP contribution < -0.4 is 5.73 Å². The first-order valence-corrected chi connectivity index (χ1v) is 15.1. The van der Waals surface area contributed by atoms with Crippen molar-refractivity contribution in [3.63, 3.8) is 0 Å². The van der Waals surface area contributed by atoms with Gasteiger partial charge in [-0.25, -0.2) is 4.79 Å². The van der Waals surface area contributed by atoms with Gasteiger partial charge in [-0.05, 0) is 24.0 Å². The Morgan fingerprint density at radius 2 is 1.45 bits per heavy atom. The Morgan fingerprint density at radius 3 is 1.95 bits per heavy atom. The summed E-state index contributed by atoms with van der Waals surface area (Å²) in [4.78, 5) is 27.3. The number of hydrogen-bond donors (Lipinski definition) is 1.